The number of carbonyl (C=O) groups is 1. The van der Waals surface area contributed by atoms with Gasteiger partial charge in [0, 0.05) is 11.1 Å². The number of ether oxygens (including phenoxy) is 1. The third-order valence-electron chi connectivity index (χ3n) is 4.98. The van der Waals surface area contributed by atoms with Crippen molar-refractivity contribution in [3.05, 3.63) is 90.1 Å². The van der Waals surface area contributed by atoms with Crippen molar-refractivity contribution in [2.45, 2.75) is 13.3 Å². The molecule has 0 saturated heterocycles. The lowest BCUT2D eigenvalue weighted by Crippen LogP contribution is -2.17. The average molecular weight is 382 g/mol. The molecule has 1 heterocycles. The fourth-order valence-corrected chi connectivity index (χ4v) is 3.63. The molecule has 0 unspecified atom stereocenters. The number of carbonyl (C=O) groups excluding carboxylic acids is 1. The lowest BCUT2D eigenvalue weighted by Gasteiger charge is -2.16. The Morgan fingerprint density at radius 2 is 1.62 bits per heavy atom. The van der Waals surface area contributed by atoms with Crippen LogP contribution in [0.5, 0.6) is 5.75 Å². The van der Waals surface area contributed by atoms with E-state index in [1.165, 1.54) is 0 Å². The summed E-state index contributed by atoms with van der Waals surface area (Å²) in [6.45, 7) is 1.96. The van der Waals surface area contributed by atoms with Crippen LogP contribution in [0.25, 0.3) is 22.0 Å². The van der Waals surface area contributed by atoms with E-state index >= 15 is 0 Å². The molecule has 4 heteroatoms. The van der Waals surface area contributed by atoms with Crippen molar-refractivity contribution < 1.29 is 9.53 Å². The third kappa shape index (κ3) is 3.83. The first-order chi connectivity index (χ1) is 14.2. The van der Waals surface area contributed by atoms with Gasteiger partial charge in [-0.1, -0.05) is 60.7 Å². The van der Waals surface area contributed by atoms with Crippen LogP contribution >= 0.6 is 0 Å². The van der Waals surface area contributed by atoms with Gasteiger partial charge in [-0.2, -0.15) is 0 Å². The molecule has 29 heavy (non-hydrogen) atoms. The van der Waals surface area contributed by atoms with Crippen molar-refractivity contribution in [3.63, 3.8) is 0 Å². The molecule has 0 radical (unpaired) electrons. The zero-order valence-corrected chi connectivity index (χ0v) is 16.5. The first-order valence-electron chi connectivity index (χ1n) is 9.54. The number of amides is 1. The second kappa shape index (κ2) is 8.15. The predicted molar refractivity (Wildman–Crippen MR) is 117 cm³/mol. The first-order valence-corrected chi connectivity index (χ1v) is 9.54. The Bertz CT molecular complexity index is 1170. The Morgan fingerprint density at radius 1 is 0.931 bits per heavy atom. The molecule has 0 aliphatic carbocycles. The Kier molecular flexibility index (Phi) is 5.25. The highest BCUT2D eigenvalue weighted by Gasteiger charge is 2.17. The summed E-state index contributed by atoms with van der Waals surface area (Å²) in [5, 5.41) is 4.02. The number of benzene rings is 3. The molecule has 144 valence electrons. The van der Waals surface area contributed by atoms with Crippen molar-refractivity contribution in [1.82, 2.24) is 4.98 Å². The maximum absolute atomic E-state index is 12.9. The second-order valence-electron chi connectivity index (χ2n) is 6.86. The standard InChI is InChI=1S/C25H22N2O2/c1-17-20(16-24(28)27-22-14-8-9-15-23(22)29-2)25(18-10-4-3-5-11-18)19-12-6-7-13-21(19)26-17/h3-15H,16H2,1-2H3,(H,27,28). The topological polar surface area (TPSA) is 51.2 Å². The second-order valence-corrected chi connectivity index (χ2v) is 6.86. The van der Waals surface area contributed by atoms with Gasteiger partial charge in [0.1, 0.15) is 5.75 Å². The van der Waals surface area contributed by atoms with E-state index in [0.29, 0.717) is 11.4 Å². The number of para-hydroxylation sites is 3. The van der Waals surface area contributed by atoms with Crippen molar-refractivity contribution in [1.29, 1.82) is 0 Å². The molecule has 0 saturated carbocycles. The van der Waals surface area contributed by atoms with Crippen LogP contribution in [-0.2, 0) is 11.2 Å². The van der Waals surface area contributed by atoms with Gasteiger partial charge in [-0.25, -0.2) is 0 Å². The fourth-order valence-electron chi connectivity index (χ4n) is 3.63. The summed E-state index contributed by atoms with van der Waals surface area (Å²) in [7, 11) is 1.59. The Balaban J connectivity index is 1.77. The predicted octanol–water partition coefficient (Wildman–Crippen LogP) is 5.40. The van der Waals surface area contributed by atoms with Crippen LogP contribution in [0.4, 0.5) is 5.69 Å². The maximum Gasteiger partial charge on any atom is 0.228 e. The molecule has 0 spiro atoms. The van der Waals surface area contributed by atoms with Gasteiger partial charge in [0.05, 0.1) is 24.7 Å². The number of hydrogen-bond acceptors (Lipinski definition) is 3. The van der Waals surface area contributed by atoms with Gasteiger partial charge in [-0.3, -0.25) is 9.78 Å². The molecule has 3 aromatic carbocycles. The lowest BCUT2D eigenvalue weighted by molar-refractivity contribution is -0.115. The molecule has 1 amide bonds. The van der Waals surface area contributed by atoms with Crippen LogP contribution in [-0.4, -0.2) is 18.0 Å². The fraction of sp³-hybridized carbons (Fsp3) is 0.120. The summed E-state index contributed by atoms with van der Waals surface area (Å²) in [6, 6.07) is 25.6. The van der Waals surface area contributed by atoms with Gasteiger partial charge >= 0.3 is 0 Å². The van der Waals surface area contributed by atoms with E-state index in [2.05, 4.69) is 23.5 Å². The number of hydrogen-bond donors (Lipinski definition) is 1. The maximum atomic E-state index is 12.9. The van der Waals surface area contributed by atoms with Crippen molar-refractivity contribution in [3.8, 4) is 16.9 Å². The van der Waals surface area contributed by atoms with Crippen LogP contribution < -0.4 is 10.1 Å². The number of fused-ring (bicyclic) bond motifs is 1. The number of aromatic nitrogens is 1. The molecule has 0 aliphatic heterocycles. The molecular formula is C25H22N2O2. The van der Waals surface area contributed by atoms with Gasteiger partial charge in [-0.05, 0) is 41.8 Å². The van der Waals surface area contributed by atoms with Gasteiger partial charge in [0.15, 0.2) is 0 Å². The third-order valence-corrected chi connectivity index (χ3v) is 4.98. The molecule has 1 aromatic heterocycles. The highest BCUT2D eigenvalue weighted by molar-refractivity contribution is 6.00. The Morgan fingerprint density at radius 3 is 2.41 bits per heavy atom. The van der Waals surface area contributed by atoms with E-state index in [1.54, 1.807) is 7.11 Å². The van der Waals surface area contributed by atoms with Gasteiger partial charge in [0.25, 0.3) is 0 Å². The molecule has 4 aromatic rings. The van der Waals surface area contributed by atoms with Crippen molar-refractivity contribution in [2.24, 2.45) is 0 Å². The van der Waals surface area contributed by atoms with E-state index in [1.807, 2.05) is 67.6 Å². The van der Waals surface area contributed by atoms with E-state index in [0.717, 1.165) is 33.3 Å². The summed E-state index contributed by atoms with van der Waals surface area (Å²) in [5.41, 5.74) is 5.52. The summed E-state index contributed by atoms with van der Waals surface area (Å²) >= 11 is 0. The number of methoxy groups -OCH3 is 1. The minimum atomic E-state index is -0.105. The van der Waals surface area contributed by atoms with Crippen molar-refractivity contribution in [2.75, 3.05) is 12.4 Å². The van der Waals surface area contributed by atoms with E-state index < -0.39 is 0 Å². The van der Waals surface area contributed by atoms with Gasteiger partial charge < -0.3 is 10.1 Å². The van der Waals surface area contributed by atoms with E-state index in [4.69, 9.17) is 9.72 Å². The molecule has 4 rings (SSSR count). The summed E-state index contributed by atoms with van der Waals surface area (Å²) in [6.07, 6.45) is 0.228. The average Bonchev–Trinajstić information content (AvgIpc) is 2.75. The number of nitrogens with one attached hydrogen (secondary N) is 1. The molecular weight excluding hydrogens is 360 g/mol. The number of pyridine rings is 1. The minimum Gasteiger partial charge on any atom is -0.495 e. The first kappa shape index (κ1) is 18.7. The number of anilines is 1. The largest absolute Gasteiger partial charge is 0.495 e. The monoisotopic (exact) mass is 382 g/mol. The summed E-state index contributed by atoms with van der Waals surface area (Å²) < 4.78 is 5.34. The summed E-state index contributed by atoms with van der Waals surface area (Å²) in [5.74, 6) is 0.532. The number of aryl methyl sites for hydroxylation is 1. The van der Waals surface area contributed by atoms with Crippen LogP contribution in [0.15, 0.2) is 78.9 Å². The molecule has 0 aliphatic rings. The summed E-state index contributed by atoms with van der Waals surface area (Å²) in [4.78, 5) is 17.7. The van der Waals surface area contributed by atoms with E-state index in [-0.39, 0.29) is 12.3 Å². The number of rotatable bonds is 5. The minimum absolute atomic E-state index is 0.105. The smallest absolute Gasteiger partial charge is 0.228 e. The van der Waals surface area contributed by atoms with Crippen LogP contribution in [0.1, 0.15) is 11.3 Å². The molecule has 0 atom stereocenters. The Labute approximate surface area is 170 Å². The molecule has 0 fully saturated rings. The van der Waals surface area contributed by atoms with Crippen molar-refractivity contribution >= 4 is 22.5 Å². The highest BCUT2D eigenvalue weighted by atomic mass is 16.5. The van der Waals surface area contributed by atoms with Crippen LogP contribution in [0, 0.1) is 6.92 Å². The Hall–Kier alpha value is -3.66. The zero-order chi connectivity index (χ0) is 20.2. The van der Waals surface area contributed by atoms with Gasteiger partial charge in [-0.15, -0.1) is 0 Å². The quantitative estimate of drug-likeness (QED) is 0.503. The highest BCUT2D eigenvalue weighted by Crippen LogP contribution is 2.33. The van der Waals surface area contributed by atoms with Crippen LogP contribution in [0.2, 0.25) is 0 Å². The van der Waals surface area contributed by atoms with E-state index in [9.17, 15) is 4.79 Å². The number of nitrogens with zero attached hydrogens (tertiary/aromatic N) is 1. The molecule has 0 bridgehead atoms. The molecule has 4 nitrogen and oxygen atoms in total. The zero-order valence-electron chi connectivity index (χ0n) is 16.5. The van der Waals surface area contributed by atoms with Crippen LogP contribution in [0.3, 0.4) is 0 Å². The van der Waals surface area contributed by atoms with Gasteiger partial charge in [0.2, 0.25) is 5.91 Å². The normalized spacial score (nSPS) is 10.7. The SMILES string of the molecule is COc1ccccc1NC(=O)Cc1c(C)nc2ccccc2c1-c1ccccc1. The molecule has 1 N–H and O–H groups in total. The lowest BCUT2D eigenvalue weighted by atomic mass is 9.92.